The molecule has 0 aliphatic carbocycles. The standard InChI is InChI=1S/C19H13BrIN3O7S/c1-30-14-5-9(4-12(21)17(14)31-8-16(25)26)6-15-18(27)23-19(32-15)22-13-3-2-10(24(28)29)7-11(13)20/h2-7H,8H2,1H3,(H,25,26)(H,22,23,27)/b15-6+. The van der Waals surface area contributed by atoms with Gasteiger partial charge in [-0.3, -0.25) is 14.9 Å². The highest BCUT2D eigenvalue weighted by molar-refractivity contribution is 14.1. The quantitative estimate of drug-likeness (QED) is 0.199. The van der Waals surface area contributed by atoms with E-state index in [9.17, 15) is 19.7 Å². The molecule has 166 valence electrons. The zero-order chi connectivity index (χ0) is 23.4. The first-order chi connectivity index (χ1) is 15.2. The summed E-state index contributed by atoms with van der Waals surface area (Å²) < 4.78 is 11.6. The molecule has 2 N–H and O–H groups in total. The number of methoxy groups -OCH3 is 1. The molecule has 1 fully saturated rings. The Kier molecular flexibility index (Phi) is 7.73. The number of carbonyl (C=O) groups is 2. The lowest BCUT2D eigenvalue weighted by Crippen LogP contribution is -2.19. The summed E-state index contributed by atoms with van der Waals surface area (Å²) in [7, 11) is 1.43. The van der Waals surface area contributed by atoms with E-state index in [1.54, 1.807) is 18.2 Å². The highest BCUT2D eigenvalue weighted by Gasteiger charge is 2.25. The Morgan fingerprint density at radius 2 is 2.16 bits per heavy atom. The van der Waals surface area contributed by atoms with E-state index in [-0.39, 0.29) is 11.6 Å². The number of carbonyl (C=O) groups excluding carboxylic acids is 1. The number of nitrogens with zero attached hydrogens (tertiary/aromatic N) is 2. The van der Waals surface area contributed by atoms with Crippen LogP contribution in [-0.4, -0.2) is 40.8 Å². The SMILES string of the molecule is COc1cc(/C=C2/SC(=Nc3ccc([N+](=O)[O-])cc3Br)NC2=O)cc(I)c1OCC(=O)O. The third kappa shape index (κ3) is 5.77. The molecular formula is C19H13BrIN3O7S. The van der Waals surface area contributed by atoms with E-state index in [2.05, 4.69) is 26.2 Å². The van der Waals surface area contributed by atoms with Gasteiger partial charge in [0.25, 0.3) is 11.6 Å². The van der Waals surface area contributed by atoms with Crippen molar-refractivity contribution in [3.63, 3.8) is 0 Å². The molecule has 0 unspecified atom stereocenters. The molecule has 1 amide bonds. The topological polar surface area (TPSA) is 140 Å². The first-order valence-corrected chi connectivity index (χ1v) is 11.3. The van der Waals surface area contributed by atoms with E-state index in [0.29, 0.717) is 40.9 Å². The van der Waals surface area contributed by atoms with E-state index in [0.717, 1.165) is 11.8 Å². The number of rotatable bonds is 7. The number of amides is 1. The summed E-state index contributed by atoms with van der Waals surface area (Å²) in [5, 5.41) is 22.7. The second-order valence-electron chi connectivity index (χ2n) is 6.09. The van der Waals surface area contributed by atoms with Gasteiger partial charge in [0.2, 0.25) is 0 Å². The largest absolute Gasteiger partial charge is 0.493 e. The Balaban J connectivity index is 1.85. The first-order valence-electron chi connectivity index (χ1n) is 8.63. The number of nitro groups is 1. The molecule has 32 heavy (non-hydrogen) atoms. The summed E-state index contributed by atoms with van der Waals surface area (Å²) in [5.41, 5.74) is 0.990. The van der Waals surface area contributed by atoms with Crippen LogP contribution in [0.1, 0.15) is 5.56 Å². The number of non-ortho nitro benzene ring substituents is 1. The van der Waals surface area contributed by atoms with Gasteiger partial charge in [0.1, 0.15) is 0 Å². The van der Waals surface area contributed by atoms with Crippen molar-refractivity contribution in [3.8, 4) is 11.5 Å². The first kappa shape index (κ1) is 24.0. The Hall–Kier alpha value is -2.65. The van der Waals surface area contributed by atoms with Gasteiger partial charge < -0.3 is 19.9 Å². The average molecular weight is 634 g/mol. The summed E-state index contributed by atoms with van der Waals surface area (Å²) in [4.78, 5) is 38.2. The second kappa shape index (κ2) is 10.3. The summed E-state index contributed by atoms with van der Waals surface area (Å²) in [5.74, 6) is -0.838. The zero-order valence-corrected chi connectivity index (χ0v) is 20.7. The number of nitro benzene ring substituents is 1. The number of aliphatic imine (C=N–C) groups is 1. The number of benzene rings is 2. The van der Waals surface area contributed by atoms with E-state index in [4.69, 9.17) is 14.6 Å². The minimum Gasteiger partial charge on any atom is -0.493 e. The molecule has 0 bridgehead atoms. The van der Waals surface area contributed by atoms with Crippen molar-refractivity contribution >= 4 is 84.8 Å². The zero-order valence-electron chi connectivity index (χ0n) is 16.1. The molecule has 1 saturated heterocycles. The monoisotopic (exact) mass is 633 g/mol. The van der Waals surface area contributed by atoms with Crippen LogP contribution < -0.4 is 14.8 Å². The van der Waals surface area contributed by atoms with Crippen molar-refractivity contribution in [2.75, 3.05) is 13.7 Å². The van der Waals surface area contributed by atoms with Crippen LogP contribution in [0.4, 0.5) is 11.4 Å². The number of ether oxygens (including phenoxy) is 2. The third-order valence-electron chi connectivity index (χ3n) is 3.90. The molecule has 0 atom stereocenters. The van der Waals surface area contributed by atoms with Crippen LogP contribution >= 0.6 is 50.3 Å². The van der Waals surface area contributed by atoms with Gasteiger partial charge in [-0.15, -0.1) is 0 Å². The molecule has 0 radical (unpaired) electrons. The fourth-order valence-electron chi connectivity index (χ4n) is 2.54. The highest BCUT2D eigenvalue weighted by Crippen LogP contribution is 2.37. The number of amidine groups is 1. The Labute approximate surface area is 207 Å². The lowest BCUT2D eigenvalue weighted by Gasteiger charge is -2.12. The maximum atomic E-state index is 12.4. The van der Waals surface area contributed by atoms with E-state index in [1.807, 2.05) is 22.6 Å². The fraction of sp³-hybridized carbons (Fsp3) is 0.105. The smallest absolute Gasteiger partial charge is 0.341 e. The van der Waals surface area contributed by atoms with Gasteiger partial charge in [-0.05, 0) is 80.1 Å². The number of nitrogens with one attached hydrogen (secondary N) is 1. The van der Waals surface area contributed by atoms with Gasteiger partial charge in [-0.1, -0.05) is 0 Å². The molecule has 3 rings (SSSR count). The lowest BCUT2D eigenvalue weighted by atomic mass is 10.2. The third-order valence-corrected chi connectivity index (χ3v) is 6.25. The van der Waals surface area contributed by atoms with Gasteiger partial charge in [0.05, 0.1) is 30.7 Å². The number of hydrogen-bond acceptors (Lipinski definition) is 8. The van der Waals surface area contributed by atoms with Crippen molar-refractivity contribution in [2.45, 2.75) is 0 Å². The number of carboxylic acid groups (broad SMARTS) is 1. The van der Waals surface area contributed by atoms with Crippen molar-refractivity contribution in [1.82, 2.24) is 5.32 Å². The molecular weight excluding hydrogens is 621 g/mol. The van der Waals surface area contributed by atoms with Crippen molar-refractivity contribution in [1.29, 1.82) is 0 Å². The van der Waals surface area contributed by atoms with Gasteiger partial charge in [0, 0.05) is 12.1 Å². The normalized spacial score (nSPS) is 15.7. The maximum absolute atomic E-state index is 12.4. The van der Waals surface area contributed by atoms with Crippen molar-refractivity contribution in [2.24, 2.45) is 4.99 Å². The maximum Gasteiger partial charge on any atom is 0.341 e. The predicted molar refractivity (Wildman–Crippen MR) is 130 cm³/mol. The molecule has 1 aliphatic heterocycles. The van der Waals surface area contributed by atoms with Crippen LogP contribution in [0, 0.1) is 13.7 Å². The van der Waals surface area contributed by atoms with Crippen LogP contribution in [0.25, 0.3) is 6.08 Å². The predicted octanol–water partition coefficient (Wildman–Crippen LogP) is 4.33. The number of hydrogen-bond donors (Lipinski definition) is 2. The molecule has 0 aromatic heterocycles. The van der Waals surface area contributed by atoms with Gasteiger partial charge in [0.15, 0.2) is 23.3 Å². The lowest BCUT2D eigenvalue weighted by molar-refractivity contribution is -0.384. The van der Waals surface area contributed by atoms with Gasteiger partial charge in [-0.25, -0.2) is 9.79 Å². The van der Waals surface area contributed by atoms with Crippen LogP contribution in [0.2, 0.25) is 0 Å². The number of halogens is 2. The Morgan fingerprint density at radius 1 is 1.41 bits per heavy atom. The van der Waals surface area contributed by atoms with Crippen molar-refractivity contribution < 1.29 is 29.1 Å². The number of aliphatic carboxylic acids is 1. The minimum absolute atomic E-state index is 0.0798. The molecule has 2 aromatic rings. The van der Waals surface area contributed by atoms with Crippen LogP contribution in [-0.2, 0) is 9.59 Å². The number of carboxylic acids is 1. The molecule has 1 aliphatic rings. The Bertz CT molecular complexity index is 1190. The fourth-order valence-corrected chi connectivity index (χ4v) is 4.61. The summed E-state index contributed by atoms with van der Waals surface area (Å²) in [6, 6.07) is 7.49. The highest BCUT2D eigenvalue weighted by atomic mass is 127. The second-order valence-corrected chi connectivity index (χ2v) is 9.14. The molecule has 1 heterocycles. The molecule has 10 nitrogen and oxygen atoms in total. The van der Waals surface area contributed by atoms with E-state index < -0.39 is 17.5 Å². The van der Waals surface area contributed by atoms with Crippen LogP contribution in [0.3, 0.4) is 0 Å². The van der Waals surface area contributed by atoms with Crippen LogP contribution in [0.5, 0.6) is 11.5 Å². The number of thioether (sulfide) groups is 1. The molecule has 13 heteroatoms. The van der Waals surface area contributed by atoms with E-state index in [1.165, 1.54) is 25.3 Å². The average Bonchev–Trinajstić information content (AvgIpc) is 3.06. The molecule has 0 saturated carbocycles. The Morgan fingerprint density at radius 3 is 2.78 bits per heavy atom. The summed E-state index contributed by atoms with van der Waals surface area (Å²) >= 11 is 6.35. The van der Waals surface area contributed by atoms with Gasteiger partial charge >= 0.3 is 5.97 Å². The van der Waals surface area contributed by atoms with Crippen LogP contribution in [0.15, 0.2) is 44.7 Å². The van der Waals surface area contributed by atoms with E-state index >= 15 is 0 Å². The van der Waals surface area contributed by atoms with Gasteiger partial charge in [-0.2, -0.15) is 0 Å². The summed E-state index contributed by atoms with van der Waals surface area (Å²) in [6.45, 7) is -0.511. The van der Waals surface area contributed by atoms with Crippen molar-refractivity contribution in [3.05, 3.63) is 59.0 Å². The molecule has 2 aromatic carbocycles. The summed E-state index contributed by atoms with van der Waals surface area (Å²) in [6.07, 6.45) is 1.64. The molecule has 0 spiro atoms. The minimum atomic E-state index is -1.11.